The fraction of sp³-hybridized carbons (Fsp3) is 0.571. The zero-order valence-corrected chi connectivity index (χ0v) is 12.2. The molecule has 0 saturated carbocycles. The summed E-state index contributed by atoms with van der Waals surface area (Å²) in [5.74, 6) is 0. The molecule has 1 N–H and O–H groups in total. The number of rotatable bonds is 5. The second-order valence-corrected chi connectivity index (χ2v) is 4.91. The molecule has 20 heavy (non-hydrogen) atoms. The van der Waals surface area contributed by atoms with Gasteiger partial charge in [0.2, 0.25) is 0 Å². The molecule has 1 saturated heterocycles. The minimum atomic E-state index is -0.106. The molecule has 2 heterocycles. The maximum Gasteiger partial charge on any atom is 0.322 e. The minimum Gasteiger partial charge on any atom is -0.382 e. The monoisotopic (exact) mass is 279 g/mol. The van der Waals surface area contributed by atoms with Crippen molar-refractivity contribution in [3.8, 4) is 0 Å². The molecule has 0 spiro atoms. The molecule has 0 bridgehead atoms. The van der Waals surface area contributed by atoms with Crippen molar-refractivity contribution in [2.45, 2.75) is 20.0 Å². The van der Waals surface area contributed by atoms with Gasteiger partial charge in [0.15, 0.2) is 0 Å². The number of pyridine rings is 1. The Morgan fingerprint density at radius 3 is 2.80 bits per heavy atom. The van der Waals surface area contributed by atoms with Crippen LogP contribution in [0.2, 0.25) is 0 Å². The van der Waals surface area contributed by atoms with Crippen LogP contribution in [0.15, 0.2) is 12.1 Å². The van der Waals surface area contributed by atoms with E-state index >= 15 is 0 Å². The number of aryl methyl sites for hydroxylation is 2. The van der Waals surface area contributed by atoms with Gasteiger partial charge in [0, 0.05) is 12.8 Å². The first-order chi connectivity index (χ1) is 9.60. The molecule has 1 aromatic rings. The minimum absolute atomic E-state index is 0.106. The molecule has 1 aliphatic heterocycles. The molecular weight excluding hydrogens is 258 g/mol. The van der Waals surface area contributed by atoms with Crippen molar-refractivity contribution in [1.29, 1.82) is 0 Å². The van der Waals surface area contributed by atoms with Crippen molar-refractivity contribution < 1.29 is 14.3 Å². The molecule has 0 atom stereocenters. The number of anilines is 1. The number of ether oxygens (including phenoxy) is 2. The maximum absolute atomic E-state index is 12.0. The maximum atomic E-state index is 12.0. The van der Waals surface area contributed by atoms with Crippen molar-refractivity contribution in [2.24, 2.45) is 0 Å². The van der Waals surface area contributed by atoms with Crippen molar-refractivity contribution >= 4 is 11.7 Å². The van der Waals surface area contributed by atoms with E-state index in [2.05, 4.69) is 10.3 Å². The Morgan fingerprint density at radius 1 is 1.40 bits per heavy atom. The largest absolute Gasteiger partial charge is 0.382 e. The van der Waals surface area contributed by atoms with E-state index in [-0.39, 0.29) is 12.1 Å². The number of amides is 2. The van der Waals surface area contributed by atoms with Crippen LogP contribution in [0.3, 0.4) is 0 Å². The molecular formula is C14H21N3O3. The third kappa shape index (κ3) is 3.68. The molecule has 1 aliphatic rings. The van der Waals surface area contributed by atoms with Crippen LogP contribution >= 0.6 is 0 Å². The lowest BCUT2D eigenvalue weighted by molar-refractivity contribution is -0.0486. The third-order valence-corrected chi connectivity index (χ3v) is 3.24. The van der Waals surface area contributed by atoms with Crippen LogP contribution in [-0.2, 0) is 9.47 Å². The number of nitrogens with one attached hydrogen (secondary N) is 1. The summed E-state index contributed by atoms with van der Waals surface area (Å²) in [5.41, 5.74) is 2.52. The SMILES string of the molecule is COCCOC1CN(C(=O)Nc2ccc(C)nc2C)C1. The highest BCUT2D eigenvalue weighted by Crippen LogP contribution is 2.17. The Labute approximate surface area is 119 Å². The molecule has 0 aromatic carbocycles. The molecule has 6 nitrogen and oxygen atoms in total. The Bertz CT molecular complexity index is 473. The van der Waals surface area contributed by atoms with Gasteiger partial charge in [0.05, 0.1) is 43.8 Å². The van der Waals surface area contributed by atoms with Crippen molar-refractivity contribution in [2.75, 3.05) is 38.7 Å². The molecule has 6 heteroatoms. The van der Waals surface area contributed by atoms with E-state index in [1.165, 1.54) is 0 Å². The summed E-state index contributed by atoms with van der Waals surface area (Å²) in [6.45, 7) is 6.20. The average Bonchev–Trinajstić information content (AvgIpc) is 2.35. The predicted octanol–water partition coefficient (Wildman–Crippen LogP) is 1.58. The van der Waals surface area contributed by atoms with Gasteiger partial charge in [-0.05, 0) is 26.0 Å². The van der Waals surface area contributed by atoms with E-state index in [1.54, 1.807) is 12.0 Å². The van der Waals surface area contributed by atoms with Gasteiger partial charge in [0.1, 0.15) is 0 Å². The van der Waals surface area contributed by atoms with Crippen LogP contribution in [0.4, 0.5) is 10.5 Å². The standard InChI is InChI=1S/C14H21N3O3/c1-10-4-5-13(11(2)15-10)16-14(18)17-8-12(9-17)20-7-6-19-3/h4-5,12H,6-9H2,1-3H3,(H,16,18). The molecule has 2 rings (SSSR count). The molecule has 110 valence electrons. The molecule has 0 radical (unpaired) electrons. The lowest BCUT2D eigenvalue weighted by Crippen LogP contribution is -2.56. The van der Waals surface area contributed by atoms with Crippen LogP contribution in [0.1, 0.15) is 11.4 Å². The molecule has 2 amide bonds. The summed E-state index contributed by atoms with van der Waals surface area (Å²) in [6, 6.07) is 3.66. The first-order valence-corrected chi connectivity index (χ1v) is 6.71. The van der Waals surface area contributed by atoms with E-state index in [4.69, 9.17) is 9.47 Å². The fourth-order valence-electron chi connectivity index (χ4n) is 2.02. The summed E-state index contributed by atoms with van der Waals surface area (Å²) in [6.07, 6.45) is 0.119. The quantitative estimate of drug-likeness (QED) is 0.831. The number of aromatic nitrogens is 1. The Kier molecular flexibility index (Phi) is 4.92. The van der Waals surface area contributed by atoms with Gasteiger partial charge in [-0.2, -0.15) is 0 Å². The Morgan fingerprint density at radius 2 is 2.15 bits per heavy atom. The fourth-order valence-corrected chi connectivity index (χ4v) is 2.02. The molecule has 0 aliphatic carbocycles. The number of hydrogen-bond acceptors (Lipinski definition) is 4. The normalized spacial score (nSPS) is 15.1. The summed E-state index contributed by atoms with van der Waals surface area (Å²) in [4.78, 5) is 18.1. The number of methoxy groups -OCH3 is 1. The predicted molar refractivity (Wildman–Crippen MR) is 75.9 cm³/mol. The molecule has 1 fully saturated rings. The van der Waals surface area contributed by atoms with Crippen molar-refractivity contribution in [1.82, 2.24) is 9.88 Å². The number of urea groups is 1. The summed E-state index contributed by atoms with van der Waals surface area (Å²) < 4.78 is 10.4. The highest BCUT2D eigenvalue weighted by molar-refractivity contribution is 5.90. The summed E-state index contributed by atoms with van der Waals surface area (Å²) in [5, 5.41) is 2.87. The zero-order valence-electron chi connectivity index (χ0n) is 12.2. The van der Waals surface area contributed by atoms with Gasteiger partial charge < -0.3 is 19.7 Å². The van der Waals surface area contributed by atoms with Gasteiger partial charge >= 0.3 is 6.03 Å². The lowest BCUT2D eigenvalue weighted by atomic mass is 10.2. The van der Waals surface area contributed by atoms with E-state index in [0.717, 1.165) is 17.1 Å². The Hall–Kier alpha value is -1.66. The van der Waals surface area contributed by atoms with Gasteiger partial charge in [-0.1, -0.05) is 0 Å². The molecule has 0 unspecified atom stereocenters. The highest BCUT2D eigenvalue weighted by atomic mass is 16.5. The second-order valence-electron chi connectivity index (χ2n) is 4.91. The first kappa shape index (κ1) is 14.7. The van der Waals surface area contributed by atoms with E-state index in [9.17, 15) is 4.79 Å². The van der Waals surface area contributed by atoms with Crippen molar-refractivity contribution in [3.63, 3.8) is 0 Å². The zero-order chi connectivity index (χ0) is 14.5. The van der Waals surface area contributed by atoms with Gasteiger partial charge in [-0.15, -0.1) is 0 Å². The lowest BCUT2D eigenvalue weighted by Gasteiger charge is -2.38. The number of carbonyl (C=O) groups is 1. The first-order valence-electron chi connectivity index (χ1n) is 6.71. The van der Waals surface area contributed by atoms with E-state index in [1.807, 2.05) is 26.0 Å². The second kappa shape index (κ2) is 6.67. The summed E-state index contributed by atoms with van der Waals surface area (Å²) >= 11 is 0. The number of likely N-dealkylation sites (tertiary alicyclic amines) is 1. The van der Waals surface area contributed by atoms with Crippen LogP contribution < -0.4 is 5.32 Å². The van der Waals surface area contributed by atoms with Crippen LogP contribution in [0.5, 0.6) is 0 Å². The van der Waals surface area contributed by atoms with Gasteiger partial charge in [0.25, 0.3) is 0 Å². The van der Waals surface area contributed by atoms with E-state index < -0.39 is 0 Å². The highest BCUT2D eigenvalue weighted by Gasteiger charge is 2.31. The number of carbonyl (C=O) groups excluding carboxylic acids is 1. The third-order valence-electron chi connectivity index (χ3n) is 3.24. The van der Waals surface area contributed by atoms with Crippen LogP contribution in [0.25, 0.3) is 0 Å². The van der Waals surface area contributed by atoms with Gasteiger partial charge in [-0.25, -0.2) is 4.79 Å². The number of nitrogens with zero attached hydrogens (tertiary/aromatic N) is 2. The average molecular weight is 279 g/mol. The van der Waals surface area contributed by atoms with Crippen molar-refractivity contribution in [3.05, 3.63) is 23.5 Å². The number of hydrogen-bond donors (Lipinski definition) is 1. The Balaban J connectivity index is 1.77. The molecule has 1 aromatic heterocycles. The van der Waals surface area contributed by atoms with Crippen LogP contribution in [-0.4, -0.2) is 55.4 Å². The van der Waals surface area contributed by atoms with Gasteiger partial charge in [-0.3, -0.25) is 4.98 Å². The van der Waals surface area contributed by atoms with E-state index in [0.29, 0.717) is 26.3 Å². The smallest absolute Gasteiger partial charge is 0.322 e. The topological polar surface area (TPSA) is 63.7 Å². The summed E-state index contributed by atoms with van der Waals surface area (Å²) in [7, 11) is 1.64. The van der Waals surface area contributed by atoms with Crippen LogP contribution in [0, 0.1) is 13.8 Å².